The fourth-order valence-corrected chi connectivity index (χ4v) is 12.4. The van der Waals surface area contributed by atoms with Crippen LogP contribution in [0.4, 0.5) is 0 Å². The minimum Gasteiger partial charge on any atom is -0.477 e. The topological polar surface area (TPSA) is 373 Å². The van der Waals surface area contributed by atoms with Gasteiger partial charge in [0.15, 0.2) is 12.6 Å². The second kappa shape index (κ2) is 48.2. The lowest BCUT2D eigenvalue weighted by molar-refractivity contribution is -0.386. The second-order valence-corrected chi connectivity index (χ2v) is 25.7. The van der Waals surface area contributed by atoms with E-state index in [4.69, 9.17) is 28.4 Å². The Morgan fingerprint density at radius 2 is 1.03 bits per heavy atom. The number of hydrogen-bond donors (Lipinski definition) is 14. The molecule has 0 radical (unpaired) electrons. The van der Waals surface area contributed by atoms with E-state index in [2.05, 4.69) is 36.6 Å². The Hall–Kier alpha value is -2.53. The summed E-state index contributed by atoms with van der Waals surface area (Å²) in [4.78, 5) is 38.5. The van der Waals surface area contributed by atoms with Gasteiger partial charge in [0.05, 0.1) is 50.7 Å². The highest BCUT2D eigenvalue weighted by molar-refractivity contribution is 5.77. The first-order valence-electron chi connectivity index (χ1n) is 35.0. The van der Waals surface area contributed by atoms with Gasteiger partial charge >= 0.3 is 5.97 Å². The number of unbranched alkanes of at least 4 members (excludes halogenated alkanes) is 31. The van der Waals surface area contributed by atoms with Crippen LogP contribution in [0.25, 0.3) is 0 Å². The Morgan fingerprint density at radius 3 is 1.50 bits per heavy atom. The number of amides is 2. The molecule has 3 heterocycles. The SMILES string of the molecule is CCCCCCCCCCCCCC/C=C\CCCCCCCCCCCC(=O)NC(COC1OC(CO)C(OC2OC(CO)C(O)C(OC3(C(=O)O)CC(O)C(NC(C)=O)C(C(O)C(O)CO)O3)C2O)C(O)C1O)C(O)CCCCCCCCCCCCC. The molecule has 0 aliphatic carbocycles. The third-order valence-corrected chi connectivity index (χ3v) is 18.0. The number of rotatable bonds is 53. The number of ether oxygens (including phenoxy) is 6. The van der Waals surface area contributed by atoms with Crippen LogP contribution in [-0.4, -0.2) is 215 Å². The van der Waals surface area contributed by atoms with E-state index in [1.54, 1.807) is 0 Å². The first-order chi connectivity index (χ1) is 43.4. The number of aliphatic carboxylic acids is 1. The summed E-state index contributed by atoms with van der Waals surface area (Å²) in [7, 11) is 0. The molecule has 0 aromatic rings. The maximum absolute atomic E-state index is 13.4. The first kappa shape index (κ1) is 81.7. The molecule has 3 aliphatic heterocycles. The molecule has 2 amide bonds. The van der Waals surface area contributed by atoms with Gasteiger partial charge in [-0.15, -0.1) is 0 Å². The van der Waals surface area contributed by atoms with Gasteiger partial charge in [-0.25, -0.2) is 4.79 Å². The van der Waals surface area contributed by atoms with Gasteiger partial charge in [0.25, 0.3) is 5.79 Å². The molecule has 528 valence electrons. The highest BCUT2D eigenvalue weighted by Crippen LogP contribution is 2.39. The van der Waals surface area contributed by atoms with E-state index in [0.29, 0.717) is 19.3 Å². The maximum atomic E-state index is 13.4. The van der Waals surface area contributed by atoms with Gasteiger partial charge < -0.3 is 100 Å². The molecule has 0 aromatic carbocycles. The number of aliphatic hydroxyl groups excluding tert-OH is 11. The zero-order chi connectivity index (χ0) is 66.1. The molecule has 18 unspecified atom stereocenters. The Bertz CT molecular complexity index is 1870. The van der Waals surface area contributed by atoms with E-state index in [1.165, 1.54) is 148 Å². The highest BCUT2D eigenvalue weighted by atomic mass is 16.8. The number of carbonyl (C=O) groups is 3. The minimum atomic E-state index is -3.08. The number of hydrogen-bond acceptors (Lipinski definition) is 20. The number of aliphatic hydroxyl groups is 11. The molecule has 3 aliphatic rings. The van der Waals surface area contributed by atoms with Gasteiger partial charge in [-0.1, -0.05) is 212 Å². The van der Waals surface area contributed by atoms with Gasteiger partial charge in [-0.05, 0) is 38.5 Å². The van der Waals surface area contributed by atoms with Crippen molar-refractivity contribution in [3.05, 3.63) is 12.2 Å². The summed E-state index contributed by atoms with van der Waals surface area (Å²) in [6.45, 7) is 2.19. The smallest absolute Gasteiger partial charge is 0.364 e. The van der Waals surface area contributed by atoms with Gasteiger partial charge in [0.1, 0.15) is 67.1 Å². The van der Waals surface area contributed by atoms with E-state index in [-0.39, 0.29) is 18.9 Å². The predicted molar refractivity (Wildman–Crippen MR) is 338 cm³/mol. The molecule has 14 N–H and O–H groups in total. The molecule has 3 saturated heterocycles. The summed E-state index contributed by atoms with van der Waals surface area (Å²) in [5.74, 6) is -6.10. The summed E-state index contributed by atoms with van der Waals surface area (Å²) in [6.07, 6.45) is 16.7. The second-order valence-electron chi connectivity index (χ2n) is 25.7. The largest absolute Gasteiger partial charge is 0.477 e. The maximum Gasteiger partial charge on any atom is 0.364 e. The van der Waals surface area contributed by atoms with Crippen molar-refractivity contribution < 1.29 is 104 Å². The van der Waals surface area contributed by atoms with Crippen molar-refractivity contribution in [1.82, 2.24) is 10.6 Å². The van der Waals surface area contributed by atoms with Gasteiger partial charge in [0.2, 0.25) is 11.8 Å². The molecule has 0 bridgehead atoms. The zero-order valence-corrected chi connectivity index (χ0v) is 55.0. The quantitative estimate of drug-likeness (QED) is 0.0235. The highest BCUT2D eigenvalue weighted by Gasteiger charge is 2.60. The average Bonchev–Trinajstić information content (AvgIpc) is 0.857. The van der Waals surface area contributed by atoms with Crippen molar-refractivity contribution in [1.29, 1.82) is 0 Å². The number of carboxylic acid groups (broad SMARTS) is 1. The van der Waals surface area contributed by atoms with Crippen LogP contribution in [0, 0.1) is 0 Å². The standard InChI is InChI=1S/C67H124N2O21/c1-4-6-8-10-12-14-16-17-18-19-20-21-22-23-24-25-26-27-28-29-31-33-35-37-39-41-54(77)69-48(49(74)40-38-36-34-32-30-15-13-11-9-7-5-2)46-85-64-59(81)58(80)61(53(45-72)87-64)88-65-60(82)63(57(79)52(44-71)86-65)90-67(66(83)84)42-50(75)55(68-47(3)73)62(89-67)56(78)51(76)43-70/h23-24,48-53,55-65,70-72,74-76,78-82H,4-22,25-46H2,1-3H3,(H,68,73)(H,69,77)(H,83,84)/b24-23-. The van der Waals surface area contributed by atoms with Crippen LogP contribution in [0.2, 0.25) is 0 Å². The molecule has 23 heteroatoms. The fourth-order valence-electron chi connectivity index (χ4n) is 12.4. The van der Waals surface area contributed by atoms with E-state index in [1.807, 2.05) is 0 Å². The molecule has 0 aromatic heterocycles. The van der Waals surface area contributed by atoms with E-state index < -0.39 is 148 Å². The van der Waals surface area contributed by atoms with E-state index in [9.17, 15) is 75.7 Å². The van der Waals surface area contributed by atoms with Crippen molar-refractivity contribution in [3.8, 4) is 0 Å². The van der Waals surface area contributed by atoms with Crippen LogP contribution in [0.5, 0.6) is 0 Å². The summed E-state index contributed by atoms with van der Waals surface area (Å²) in [5.41, 5.74) is 0. The van der Waals surface area contributed by atoms with Crippen molar-refractivity contribution in [3.63, 3.8) is 0 Å². The third kappa shape index (κ3) is 30.5. The summed E-state index contributed by atoms with van der Waals surface area (Å²) in [5, 5.41) is 136. The third-order valence-electron chi connectivity index (χ3n) is 18.0. The lowest BCUT2D eigenvalue weighted by atomic mass is 9.88. The minimum absolute atomic E-state index is 0.222. The Morgan fingerprint density at radius 1 is 0.567 bits per heavy atom. The molecule has 0 saturated carbocycles. The Balaban J connectivity index is 1.54. The Kier molecular flexibility index (Phi) is 43.8. The fraction of sp³-hybridized carbons (Fsp3) is 0.925. The summed E-state index contributed by atoms with van der Waals surface area (Å²) < 4.78 is 34.8. The number of carbonyl (C=O) groups excluding carboxylic acids is 2. The van der Waals surface area contributed by atoms with Gasteiger partial charge in [-0.2, -0.15) is 0 Å². The molecule has 18 atom stereocenters. The lowest BCUT2D eigenvalue weighted by Crippen LogP contribution is -2.70. The van der Waals surface area contributed by atoms with Crippen molar-refractivity contribution >= 4 is 17.8 Å². The zero-order valence-electron chi connectivity index (χ0n) is 55.0. The number of allylic oxidation sites excluding steroid dienone is 2. The molecule has 3 fully saturated rings. The van der Waals surface area contributed by atoms with Gasteiger partial charge in [-0.3, -0.25) is 9.59 Å². The van der Waals surface area contributed by atoms with Crippen LogP contribution < -0.4 is 10.6 Å². The summed E-state index contributed by atoms with van der Waals surface area (Å²) in [6, 6.07) is -2.53. The monoisotopic (exact) mass is 1290 g/mol. The normalized spacial score (nSPS) is 28.6. The molecular weight excluding hydrogens is 1170 g/mol. The van der Waals surface area contributed by atoms with Crippen LogP contribution in [0.1, 0.15) is 258 Å². The van der Waals surface area contributed by atoms with Crippen molar-refractivity contribution in [2.24, 2.45) is 0 Å². The summed E-state index contributed by atoms with van der Waals surface area (Å²) >= 11 is 0. The van der Waals surface area contributed by atoms with E-state index in [0.717, 1.165) is 64.7 Å². The van der Waals surface area contributed by atoms with E-state index >= 15 is 0 Å². The van der Waals surface area contributed by atoms with Crippen molar-refractivity contribution in [2.45, 2.75) is 368 Å². The van der Waals surface area contributed by atoms with Crippen LogP contribution in [0.3, 0.4) is 0 Å². The van der Waals surface area contributed by atoms with Gasteiger partial charge in [0, 0.05) is 19.8 Å². The van der Waals surface area contributed by atoms with Crippen LogP contribution in [0.15, 0.2) is 12.2 Å². The molecule has 3 rings (SSSR count). The van der Waals surface area contributed by atoms with Crippen LogP contribution in [-0.2, 0) is 42.8 Å². The molecule has 23 nitrogen and oxygen atoms in total. The first-order valence-corrected chi connectivity index (χ1v) is 35.0. The average molecular weight is 1290 g/mol. The van der Waals surface area contributed by atoms with Crippen LogP contribution >= 0.6 is 0 Å². The Labute approximate surface area is 537 Å². The predicted octanol–water partition coefficient (Wildman–Crippen LogP) is 6.29. The lowest BCUT2D eigenvalue weighted by Gasteiger charge is -2.50. The molecule has 90 heavy (non-hydrogen) atoms. The molecule has 0 spiro atoms. The number of nitrogens with one attached hydrogen (secondary N) is 2. The number of carboxylic acids is 1. The van der Waals surface area contributed by atoms with Crippen molar-refractivity contribution in [2.75, 3.05) is 26.4 Å². The molecular formula is C67H124N2O21.